The fourth-order valence-electron chi connectivity index (χ4n) is 2.29. The molecular formula is C10H18O2. The maximum atomic E-state index is 5.68. The molecule has 2 nitrogen and oxygen atoms in total. The minimum absolute atomic E-state index is 0.175. The van der Waals surface area contributed by atoms with Crippen LogP contribution in [-0.4, -0.2) is 19.0 Å². The molecule has 0 amide bonds. The molecule has 1 saturated carbocycles. The van der Waals surface area contributed by atoms with Crippen LogP contribution in [0.4, 0.5) is 0 Å². The normalized spacial score (nSPS) is 40.5. The summed E-state index contributed by atoms with van der Waals surface area (Å²) >= 11 is 0. The van der Waals surface area contributed by atoms with Crippen molar-refractivity contribution in [2.45, 2.75) is 38.9 Å². The Morgan fingerprint density at radius 1 is 1.08 bits per heavy atom. The standard InChI is InChI=1S/C10H18O2/c1-8-3-4-10(7-9(8)2)11-5-6-12-10/h8-9H,3-7H2,1-2H3/t8-,9+/m0/s1. The van der Waals surface area contributed by atoms with Crippen LogP contribution in [0.2, 0.25) is 0 Å². The van der Waals surface area contributed by atoms with Gasteiger partial charge in [-0.3, -0.25) is 0 Å². The zero-order valence-electron chi connectivity index (χ0n) is 8.01. The average Bonchev–Trinajstić information content (AvgIpc) is 2.47. The Kier molecular flexibility index (Phi) is 2.13. The zero-order valence-corrected chi connectivity index (χ0v) is 8.01. The predicted octanol–water partition coefficient (Wildman–Crippen LogP) is 2.19. The van der Waals surface area contributed by atoms with Gasteiger partial charge in [0.2, 0.25) is 0 Å². The van der Waals surface area contributed by atoms with E-state index in [9.17, 15) is 0 Å². The van der Waals surface area contributed by atoms with Crippen molar-refractivity contribution in [1.82, 2.24) is 0 Å². The first-order valence-electron chi connectivity index (χ1n) is 5.00. The number of hydrogen-bond donors (Lipinski definition) is 0. The van der Waals surface area contributed by atoms with Crippen molar-refractivity contribution in [3.8, 4) is 0 Å². The first-order chi connectivity index (χ1) is 5.72. The largest absolute Gasteiger partial charge is 0.348 e. The van der Waals surface area contributed by atoms with Gasteiger partial charge in [-0.15, -0.1) is 0 Å². The molecule has 0 radical (unpaired) electrons. The van der Waals surface area contributed by atoms with Crippen LogP contribution in [0.1, 0.15) is 33.1 Å². The third kappa shape index (κ3) is 1.38. The summed E-state index contributed by atoms with van der Waals surface area (Å²) < 4.78 is 11.4. The van der Waals surface area contributed by atoms with E-state index < -0.39 is 0 Å². The van der Waals surface area contributed by atoms with Gasteiger partial charge in [-0.25, -0.2) is 0 Å². The van der Waals surface area contributed by atoms with Crippen molar-refractivity contribution in [2.24, 2.45) is 11.8 Å². The van der Waals surface area contributed by atoms with Crippen LogP contribution in [0.25, 0.3) is 0 Å². The van der Waals surface area contributed by atoms with Gasteiger partial charge in [0.1, 0.15) is 0 Å². The molecule has 0 N–H and O–H groups in total. The highest BCUT2D eigenvalue weighted by Crippen LogP contribution is 2.41. The van der Waals surface area contributed by atoms with Gasteiger partial charge in [0.05, 0.1) is 13.2 Å². The molecule has 0 aromatic carbocycles. The monoisotopic (exact) mass is 170 g/mol. The van der Waals surface area contributed by atoms with E-state index in [2.05, 4.69) is 13.8 Å². The molecule has 1 spiro atoms. The Balaban J connectivity index is 2.01. The lowest BCUT2D eigenvalue weighted by Gasteiger charge is -2.38. The summed E-state index contributed by atoms with van der Waals surface area (Å²) in [7, 11) is 0. The Bertz CT molecular complexity index is 161. The molecule has 0 aromatic heterocycles. The SMILES string of the molecule is C[C@@H]1CC2(CC[C@@H]1C)OCCO2. The Morgan fingerprint density at radius 3 is 2.33 bits per heavy atom. The van der Waals surface area contributed by atoms with Crippen molar-refractivity contribution < 1.29 is 9.47 Å². The van der Waals surface area contributed by atoms with E-state index in [0.717, 1.165) is 37.9 Å². The van der Waals surface area contributed by atoms with Gasteiger partial charge in [0, 0.05) is 12.8 Å². The van der Waals surface area contributed by atoms with E-state index >= 15 is 0 Å². The molecule has 0 aromatic rings. The van der Waals surface area contributed by atoms with E-state index in [1.54, 1.807) is 0 Å². The van der Waals surface area contributed by atoms with E-state index in [0.29, 0.717) is 0 Å². The Hall–Kier alpha value is -0.0800. The third-order valence-corrected chi connectivity index (χ3v) is 3.40. The molecule has 0 unspecified atom stereocenters. The fourth-order valence-corrected chi connectivity index (χ4v) is 2.29. The van der Waals surface area contributed by atoms with Gasteiger partial charge >= 0.3 is 0 Å². The lowest BCUT2D eigenvalue weighted by atomic mass is 9.78. The van der Waals surface area contributed by atoms with Crippen LogP contribution < -0.4 is 0 Å². The summed E-state index contributed by atoms with van der Waals surface area (Å²) in [6, 6.07) is 0. The molecule has 1 aliphatic heterocycles. The Labute approximate surface area is 74.2 Å². The van der Waals surface area contributed by atoms with E-state index in [-0.39, 0.29) is 5.79 Å². The van der Waals surface area contributed by atoms with Crippen LogP contribution in [0, 0.1) is 11.8 Å². The molecule has 1 heterocycles. The van der Waals surface area contributed by atoms with Crippen molar-refractivity contribution in [1.29, 1.82) is 0 Å². The molecule has 2 rings (SSSR count). The van der Waals surface area contributed by atoms with Crippen LogP contribution in [-0.2, 0) is 9.47 Å². The van der Waals surface area contributed by atoms with Crippen molar-refractivity contribution in [2.75, 3.05) is 13.2 Å². The van der Waals surface area contributed by atoms with E-state index in [4.69, 9.17) is 9.47 Å². The molecule has 2 fully saturated rings. The lowest BCUT2D eigenvalue weighted by Crippen LogP contribution is -2.38. The summed E-state index contributed by atoms with van der Waals surface area (Å²) in [6.45, 7) is 6.21. The molecule has 1 aliphatic carbocycles. The van der Waals surface area contributed by atoms with Crippen LogP contribution in [0.3, 0.4) is 0 Å². The topological polar surface area (TPSA) is 18.5 Å². The lowest BCUT2D eigenvalue weighted by molar-refractivity contribution is -0.192. The second-order valence-corrected chi connectivity index (χ2v) is 4.30. The van der Waals surface area contributed by atoms with Gasteiger partial charge < -0.3 is 9.47 Å². The number of rotatable bonds is 0. The maximum Gasteiger partial charge on any atom is 0.168 e. The Morgan fingerprint density at radius 2 is 1.75 bits per heavy atom. The highest BCUT2D eigenvalue weighted by molar-refractivity contribution is 4.84. The molecule has 12 heavy (non-hydrogen) atoms. The molecule has 2 heteroatoms. The van der Waals surface area contributed by atoms with Gasteiger partial charge in [-0.2, -0.15) is 0 Å². The van der Waals surface area contributed by atoms with Crippen LogP contribution in [0.5, 0.6) is 0 Å². The smallest absolute Gasteiger partial charge is 0.168 e. The quantitative estimate of drug-likeness (QED) is 0.555. The highest BCUT2D eigenvalue weighted by atomic mass is 16.7. The molecule has 2 atom stereocenters. The minimum Gasteiger partial charge on any atom is -0.348 e. The summed E-state index contributed by atoms with van der Waals surface area (Å²) in [5.41, 5.74) is 0. The third-order valence-electron chi connectivity index (χ3n) is 3.40. The summed E-state index contributed by atoms with van der Waals surface area (Å²) in [4.78, 5) is 0. The first kappa shape index (κ1) is 8.52. The second-order valence-electron chi connectivity index (χ2n) is 4.30. The van der Waals surface area contributed by atoms with Gasteiger partial charge in [0.15, 0.2) is 5.79 Å². The van der Waals surface area contributed by atoms with Crippen molar-refractivity contribution in [3.05, 3.63) is 0 Å². The number of hydrogen-bond acceptors (Lipinski definition) is 2. The highest BCUT2D eigenvalue weighted by Gasteiger charge is 2.42. The van der Waals surface area contributed by atoms with Gasteiger partial charge in [-0.05, 0) is 18.3 Å². The molecule has 0 bridgehead atoms. The minimum atomic E-state index is -0.175. The van der Waals surface area contributed by atoms with E-state index in [1.165, 1.54) is 6.42 Å². The first-order valence-corrected chi connectivity index (χ1v) is 5.00. The fraction of sp³-hybridized carbons (Fsp3) is 1.00. The van der Waals surface area contributed by atoms with Gasteiger partial charge in [0.25, 0.3) is 0 Å². The summed E-state index contributed by atoms with van der Waals surface area (Å²) in [6.07, 6.45) is 3.44. The van der Waals surface area contributed by atoms with Crippen LogP contribution in [0.15, 0.2) is 0 Å². The van der Waals surface area contributed by atoms with E-state index in [1.807, 2.05) is 0 Å². The molecule has 70 valence electrons. The average molecular weight is 170 g/mol. The second kappa shape index (κ2) is 3.00. The van der Waals surface area contributed by atoms with Gasteiger partial charge in [-0.1, -0.05) is 13.8 Å². The zero-order chi connectivity index (χ0) is 8.60. The molecule has 2 aliphatic rings. The maximum absolute atomic E-state index is 5.68. The molecule has 1 saturated heterocycles. The predicted molar refractivity (Wildman–Crippen MR) is 46.8 cm³/mol. The number of ether oxygens (including phenoxy) is 2. The summed E-state index contributed by atoms with van der Waals surface area (Å²) in [5, 5.41) is 0. The summed E-state index contributed by atoms with van der Waals surface area (Å²) in [5.74, 6) is 1.41. The molecular weight excluding hydrogens is 152 g/mol. The van der Waals surface area contributed by atoms with Crippen molar-refractivity contribution >= 4 is 0 Å². The van der Waals surface area contributed by atoms with Crippen molar-refractivity contribution in [3.63, 3.8) is 0 Å². The van der Waals surface area contributed by atoms with Crippen LogP contribution >= 0.6 is 0 Å².